The largest absolute Gasteiger partial charge is 0.361 e. The average molecular weight is 258 g/mol. The van der Waals surface area contributed by atoms with Crippen LogP contribution in [-0.4, -0.2) is 14.5 Å². The van der Waals surface area contributed by atoms with E-state index in [1.165, 1.54) is 0 Å². The number of aromatic nitrogens is 3. The first-order valence-electron chi connectivity index (χ1n) is 6.30. The molecule has 100 valence electrons. The van der Waals surface area contributed by atoms with Gasteiger partial charge >= 0.3 is 0 Å². The monoisotopic (exact) mass is 258 g/mol. The summed E-state index contributed by atoms with van der Waals surface area (Å²) in [5.74, 6) is 0.382. The highest BCUT2D eigenvalue weighted by Gasteiger charge is 2.07. The predicted octanol–water partition coefficient (Wildman–Crippen LogP) is 2.14. The number of rotatable bonds is 4. The predicted molar refractivity (Wildman–Crippen MR) is 75.2 cm³/mol. The minimum Gasteiger partial charge on any atom is -0.361 e. The number of pyridine rings is 1. The Hall–Kier alpha value is -2.17. The summed E-state index contributed by atoms with van der Waals surface area (Å²) in [7, 11) is 0. The van der Waals surface area contributed by atoms with Gasteiger partial charge in [0.05, 0.1) is 0 Å². The van der Waals surface area contributed by atoms with Crippen LogP contribution in [0.25, 0.3) is 0 Å². The molecule has 0 fully saturated rings. The van der Waals surface area contributed by atoms with Crippen molar-refractivity contribution in [3.8, 4) is 0 Å². The van der Waals surface area contributed by atoms with Crippen LogP contribution < -0.4 is 10.9 Å². The molecular weight excluding hydrogens is 240 g/mol. The molecule has 0 unspecified atom stereocenters. The van der Waals surface area contributed by atoms with Crippen molar-refractivity contribution >= 4 is 5.82 Å². The summed E-state index contributed by atoms with van der Waals surface area (Å²) in [6, 6.07) is 2.06. The molecule has 0 aliphatic rings. The molecule has 0 atom stereocenters. The Bertz CT molecular complexity index is 619. The summed E-state index contributed by atoms with van der Waals surface area (Å²) < 4.78 is 1.66. The number of hydrogen-bond donors (Lipinski definition) is 1. The fraction of sp³-hybridized carbons (Fsp3) is 0.357. The minimum atomic E-state index is -0.0933. The molecule has 2 heterocycles. The highest BCUT2D eigenvalue weighted by Crippen LogP contribution is 2.07. The molecule has 1 N–H and O–H groups in total. The molecule has 0 saturated heterocycles. The molecule has 19 heavy (non-hydrogen) atoms. The van der Waals surface area contributed by atoms with Gasteiger partial charge in [-0.25, -0.2) is 4.98 Å². The van der Waals surface area contributed by atoms with Crippen LogP contribution in [0.4, 0.5) is 5.82 Å². The van der Waals surface area contributed by atoms with E-state index < -0.39 is 0 Å². The van der Waals surface area contributed by atoms with Gasteiger partial charge in [-0.15, -0.1) is 0 Å². The van der Waals surface area contributed by atoms with E-state index in [0.717, 1.165) is 11.1 Å². The number of nitrogens with one attached hydrogen (secondary N) is 1. The van der Waals surface area contributed by atoms with Crippen molar-refractivity contribution in [2.24, 2.45) is 0 Å². The zero-order valence-corrected chi connectivity index (χ0v) is 11.4. The molecule has 5 nitrogen and oxygen atoms in total. The van der Waals surface area contributed by atoms with E-state index in [1.54, 1.807) is 23.2 Å². The average Bonchev–Trinajstić information content (AvgIpc) is 2.39. The maximum absolute atomic E-state index is 12.1. The first kappa shape index (κ1) is 13.3. The van der Waals surface area contributed by atoms with Gasteiger partial charge in [0.2, 0.25) is 0 Å². The lowest BCUT2D eigenvalue weighted by molar-refractivity contribution is 0.575. The molecule has 0 radical (unpaired) electrons. The molecule has 0 aliphatic heterocycles. The van der Waals surface area contributed by atoms with Crippen molar-refractivity contribution in [3.63, 3.8) is 0 Å². The van der Waals surface area contributed by atoms with Gasteiger partial charge in [-0.1, -0.05) is 0 Å². The summed E-state index contributed by atoms with van der Waals surface area (Å²) in [5, 5.41) is 3.09. The second kappa shape index (κ2) is 5.65. The zero-order valence-electron chi connectivity index (χ0n) is 11.4. The number of hydrogen-bond acceptors (Lipinski definition) is 4. The zero-order chi connectivity index (χ0) is 13.8. The van der Waals surface area contributed by atoms with E-state index in [2.05, 4.69) is 15.3 Å². The van der Waals surface area contributed by atoms with E-state index in [-0.39, 0.29) is 11.6 Å². The van der Waals surface area contributed by atoms with Crippen LogP contribution in [0.15, 0.2) is 35.6 Å². The summed E-state index contributed by atoms with van der Waals surface area (Å²) in [6.45, 7) is 6.50. The number of aryl methyl sites for hydroxylation is 1. The third-order valence-corrected chi connectivity index (χ3v) is 3.01. The van der Waals surface area contributed by atoms with Gasteiger partial charge in [0.15, 0.2) is 5.82 Å². The third kappa shape index (κ3) is 2.99. The van der Waals surface area contributed by atoms with Gasteiger partial charge in [0.25, 0.3) is 5.56 Å². The molecule has 5 heteroatoms. The van der Waals surface area contributed by atoms with Crippen LogP contribution in [0.2, 0.25) is 0 Å². The van der Waals surface area contributed by atoms with Crippen LogP contribution in [0.3, 0.4) is 0 Å². The van der Waals surface area contributed by atoms with Crippen molar-refractivity contribution < 1.29 is 0 Å². The molecule has 0 aromatic carbocycles. The Morgan fingerprint density at radius 3 is 2.84 bits per heavy atom. The van der Waals surface area contributed by atoms with Crippen LogP contribution in [0, 0.1) is 6.92 Å². The van der Waals surface area contributed by atoms with Crippen molar-refractivity contribution in [2.45, 2.75) is 33.4 Å². The summed E-state index contributed by atoms with van der Waals surface area (Å²) in [5.41, 5.74) is 2.11. The lowest BCUT2D eigenvalue weighted by Gasteiger charge is -2.12. The molecule has 0 saturated carbocycles. The molecule has 0 aliphatic carbocycles. The van der Waals surface area contributed by atoms with Gasteiger partial charge in [-0.2, -0.15) is 0 Å². The Balaban J connectivity index is 2.19. The topological polar surface area (TPSA) is 59.8 Å². The molecule has 2 aromatic heterocycles. The smallest absolute Gasteiger partial charge is 0.293 e. The third-order valence-electron chi connectivity index (χ3n) is 3.01. The Morgan fingerprint density at radius 1 is 1.37 bits per heavy atom. The van der Waals surface area contributed by atoms with E-state index in [4.69, 9.17) is 0 Å². The molecule has 0 amide bonds. The maximum atomic E-state index is 12.1. The number of nitrogens with zero attached hydrogens (tertiary/aromatic N) is 3. The standard InChI is InChI=1S/C14H18N4O/c1-10(2)18-7-6-16-13(14(18)19)17-9-12-4-5-15-8-11(12)3/h4-8,10H,9H2,1-3H3,(H,16,17). The number of anilines is 1. The molecule has 0 spiro atoms. The van der Waals surface area contributed by atoms with Crippen LogP contribution in [0.1, 0.15) is 31.0 Å². The Kier molecular flexibility index (Phi) is 3.94. The van der Waals surface area contributed by atoms with Crippen molar-refractivity contribution in [1.29, 1.82) is 0 Å². The normalized spacial score (nSPS) is 10.7. The van der Waals surface area contributed by atoms with E-state index >= 15 is 0 Å². The van der Waals surface area contributed by atoms with Gasteiger partial charge < -0.3 is 9.88 Å². The lowest BCUT2D eigenvalue weighted by atomic mass is 10.1. The highest BCUT2D eigenvalue weighted by atomic mass is 16.1. The minimum absolute atomic E-state index is 0.0933. The van der Waals surface area contributed by atoms with Gasteiger partial charge in [0.1, 0.15) is 0 Å². The first-order chi connectivity index (χ1) is 9.09. The Labute approximate surface area is 112 Å². The van der Waals surface area contributed by atoms with Crippen molar-refractivity contribution in [3.05, 3.63) is 52.3 Å². The van der Waals surface area contributed by atoms with Gasteiger partial charge in [-0.3, -0.25) is 9.78 Å². The van der Waals surface area contributed by atoms with Gasteiger partial charge in [-0.05, 0) is 38.0 Å². The van der Waals surface area contributed by atoms with Crippen LogP contribution in [0.5, 0.6) is 0 Å². The second-order valence-electron chi connectivity index (χ2n) is 4.74. The summed E-state index contributed by atoms with van der Waals surface area (Å²) in [4.78, 5) is 20.3. The molecule has 2 rings (SSSR count). The first-order valence-corrected chi connectivity index (χ1v) is 6.30. The molecular formula is C14H18N4O. The highest BCUT2D eigenvalue weighted by molar-refractivity contribution is 5.34. The van der Waals surface area contributed by atoms with Crippen molar-refractivity contribution in [1.82, 2.24) is 14.5 Å². The summed E-state index contributed by atoms with van der Waals surface area (Å²) in [6.07, 6.45) is 6.90. The Morgan fingerprint density at radius 2 is 2.16 bits per heavy atom. The van der Waals surface area contributed by atoms with Crippen LogP contribution >= 0.6 is 0 Å². The molecule has 2 aromatic rings. The van der Waals surface area contributed by atoms with E-state index in [1.807, 2.05) is 33.0 Å². The van der Waals surface area contributed by atoms with Gasteiger partial charge in [0, 0.05) is 37.4 Å². The fourth-order valence-corrected chi connectivity index (χ4v) is 1.83. The van der Waals surface area contributed by atoms with E-state index in [9.17, 15) is 4.79 Å². The molecule has 0 bridgehead atoms. The second-order valence-corrected chi connectivity index (χ2v) is 4.74. The lowest BCUT2D eigenvalue weighted by Crippen LogP contribution is -2.25. The van der Waals surface area contributed by atoms with E-state index in [0.29, 0.717) is 12.4 Å². The fourth-order valence-electron chi connectivity index (χ4n) is 1.83. The van der Waals surface area contributed by atoms with Crippen molar-refractivity contribution in [2.75, 3.05) is 5.32 Å². The maximum Gasteiger partial charge on any atom is 0.293 e. The quantitative estimate of drug-likeness (QED) is 0.912. The summed E-state index contributed by atoms with van der Waals surface area (Å²) >= 11 is 0. The van der Waals surface area contributed by atoms with Crippen LogP contribution in [-0.2, 0) is 6.54 Å². The SMILES string of the molecule is Cc1cnccc1CNc1nccn(C(C)C)c1=O.